The van der Waals surface area contributed by atoms with Gasteiger partial charge in [-0.25, -0.2) is 0 Å². The first-order valence-corrected chi connectivity index (χ1v) is 5.77. The Hall–Kier alpha value is -0.610. The fourth-order valence-electron chi connectivity index (χ4n) is 1.01. The lowest BCUT2D eigenvalue weighted by atomic mass is 10.3. The number of amides is 1. The third-order valence-corrected chi connectivity index (χ3v) is 2.08. The van der Waals surface area contributed by atoms with E-state index in [-0.39, 0.29) is 13.4 Å². The molecule has 0 unspecified atom stereocenters. The number of carbonyl (C=O) groups excluding carboxylic acids is 1. The quantitative estimate of drug-likeness (QED) is 0.747. The predicted octanol–water partition coefficient (Wildman–Crippen LogP) is 1.16. The fourth-order valence-corrected chi connectivity index (χ4v) is 1.01. The van der Waals surface area contributed by atoms with Gasteiger partial charge in [0.15, 0.2) is 0 Å². The summed E-state index contributed by atoms with van der Waals surface area (Å²) in [6.07, 6.45) is 2.78. The molecule has 0 aliphatic carbocycles. The molecule has 1 fully saturated rings. The molecule has 0 bridgehead atoms. The van der Waals surface area contributed by atoms with Gasteiger partial charge in [-0.2, -0.15) is 0 Å². The highest BCUT2D eigenvalue weighted by Crippen LogP contribution is 1.93. The van der Waals surface area contributed by atoms with Crippen LogP contribution in [0.3, 0.4) is 0 Å². The van der Waals surface area contributed by atoms with Crippen LogP contribution in [0.4, 0.5) is 0 Å². The molecule has 0 aromatic rings. The van der Waals surface area contributed by atoms with Crippen molar-refractivity contribution < 1.29 is 11.0 Å². The molecule has 1 aliphatic rings. The van der Waals surface area contributed by atoms with Crippen LogP contribution in [0.5, 0.6) is 0 Å². The molecule has 15 heavy (non-hydrogen) atoms. The molecule has 1 aliphatic heterocycles. The standard InChI is InChI=1S/C7H14N2O2.C4H10.H2/c1-6(10)9-5-7-4-8-2-3-11-7;1-3-4-2;/h7-8H,2-5H2,1H3,(H,9,10);3-4H2,1-2H3;1H/t7-;;/m0../s1. The van der Waals surface area contributed by atoms with E-state index in [0.717, 1.165) is 19.7 Å². The topological polar surface area (TPSA) is 50.4 Å². The molecule has 0 saturated carbocycles. The Kier molecular flexibility index (Phi) is 9.52. The summed E-state index contributed by atoms with van der Waals surface area (Å²) in [7, 11) is 0. The van der Waals surface area contributed by atoms with Gasteiger partial charge in [0.05, 0.1) is 12.7 Å². The zero-order valence-corrected chi connectivity index (χ0v) is 10.1. The second-order valence-electron chi connectivity index (χ2n) is 3.63. The maximum Gasteiger partial charge on any atom is 0.216 e. The Balaban J connectivity index is 0. The van der Waals surface area contributed by atoms with Gasteiger partial charge in [0.25, 0.3) is 0 Å². The number of nitrogens with one attached hydrogen (secondary N) is 2. The van der Waals surface area contributed by atoms with Crippen molar-refractivity contribution in [3.05, 3.63) is 0 Å². The molecule has 1 rings (SSSR count). The summed E-state index contributed by atoms with van der Waals surface area (Å²) in [5, 5.41) is 5.89. The van der Waals surface area contributed by atoms with E-state index in [0.29, 0.717) is 6.54 Å². The number of hydrogen-bond acceptors (Lipinski definition) is 3. The first-order chi connectivity index (χ1) is 7.20. The van der Waals surface area contributed by atoms with Crippen molar-refractivity contribution in [3.63, 3.8) is 0 Å². The summed E-state index contributed by atoms with van der Waals surface area (Å²) in [6, 6.07) is 0. The number of morpholine rings is 1. The highest BCUT2D eigenvalue weighted by atomic mass is 16.5. The Labute approximate surface area is 94.2 Å². The monoisotopic (exact) mass is 218 g/mol. The number of rotatable bonds is 3. The third-order valence-electron chi connectivity index (χ3n) is 2.08. The van der Waals surface area contributed by atoms with Crippen molar-refractivity contribution in [1.29, 1.82) is 0 Å². The molecule has 92 valence electrons. The van der Waals surface area contributed by atoms with Gasteiger partial charge in [-0.3, -0.25) is 4.79 Å². The van der Waals surface area contributed by atoms with Gasteiger partial charge in [-0.15, -0.1) is 0 Å². The molecule has 1 amide bonds. The normalized spacial score (nSPS) is 20.1. The molecular weight excluding hydrogens is 192 g/mol. The number of unbranched alkanes of at least 4 members (excludes halogenated alkanes) is 1. The summed E-state index contributed by atoms with van der Waals surface area (Å²) >= 11 is 0. The van der Waals surface area contributed by atoms with Crippen molar-refractivity contribution in [2.24, 2.45) is 0 Å². The van der Waals surface area contributed by atoms with Gasteiger partial charge >= 0.3 is 0 Å². The van der Waals surface area contributed by atoms with E-state index in [1.54, 1.807) is 0 Å². The molecule has 4 heteroatoms. The number of ether oxygens (including phenoxy) is 1. The van der Waals surface area contributed by atoms with Crippen molar-refractivity contribution in [1.82, 2.24) is 10.6 Å². The molecular formula is C11H26N2O2. The third kappa shape index (κ3) is 9.69. The molecule has 0 aromatic heterocycles. The highest BCUT2D eigenvalue weighted by molar-refractivity contribution is 5.72. The molecule has 2 N–H and O–H groups in total. The fraction of sp³-hybridized carbons (Fsp3) is 0.909. The Bertz CT molecular complexity index is 160. The van der Waals surface area contributed by atoms with Crippen LogP contribution in [0.1, 0.15) is 35.0 Å². The molecule has 0 aromatic carbocycles. The van der Waals surface area contributed by atoms with Crippen LogP contribution >= 0.6 is 0 Å². The molecule has 1 heterocycles. The zero-order chi connectivity index (χ0) is 11.5. The second kappa shape index (κ2) is 9.93. The number of hydrogen-bond donors (Lipinski definition) is 2. The SMILES string of the molecule is CC(=O)NC[C@@H]1CNCCO1.CCCC.[HH]. The van der Waals surface area contributed by atoms with E-state index in [1.807, 2.05) is 0 Å². The second-order valence-corrected chi connectivity index (χ2v) is 3.63. The van der Waals surface area contributed by atoms with E-state index >= 15 is 0 Å². The smallest absolute Gasteiger partial charge is 0.216 e. The van der Waals surface area contributed by atoms with Crippen LogP contribution in [0.25, 0.3) is 0 Å². The minimum atomic E-state index is -0.000765. The van der Waals surface area contributed by atoms with E-state index in [2.05, 4.69) is 24.5 Å². The number of carbonyl (C=O) groups is 1. The van der Waals surface area contributed by atoms with Crippen molar-refractivity contribution in [2.45, 2.75) is 39.7 Å². The lowest BCUT2D eigenvalue weighted by molar-refractivity contribution is -0.119. The largest absolute Gasteiger partial charge is 0.374 e. The van der Waals surface area contributed by atoms with Gasteiger partial charge in [-0.05, 0) is 0 Å². The molecule has 1 atom stereocenters. The van der Waals surface area contributed by atoms with E-state index in [9.17, 15) is 4.79 Å². The summed E-state index contributed by atoms with van der Waals surface area (Å²) in [4.78, 5) is 10.5. The van der Waals surface area contributed by atoms with Gasteiger partial charge in [0, 0.05) is 28.0 Å². The van der Waals surface area contributed by atoms with Crippen LogP contribution < -0.4 is 10.6 Å². The summed E-state index contributed by atoms with van der Waals surface area (Å²) < 4.78 is 5.35. The first-order valence-electron chi connectivity index (χ1n) is 5.77. The van der Waals surface area contributed by atoms with Gasteiger partial charge in [-0.1, -0.05) is 26.7 Å². The van der Waals surface area contributed by atoms with Crippen molar-refractivity contribution in [3.8, 4) is 0 Å². The minimum absolute atomic E-state index is 0. The first kappa shape index (κ1) is 14.4. The molecule has 0 spiro atoms. The van der Waals surface area contributed by atoms with Crippen LogP contribution in [-0.4, -0.2) is 38.3 Å². The highest BCUT2D eigenvalue weighted by Gasteiger charge is 2.12. The van der Waals surface area contributed by atoms with Crippen LogP contribution in [0.15, 0.2) is 0 Å². The van der Waals surface area contributed by atoms with Crippen LogP contribution in [0, 0.1) is 0 Å². The maximum absolute atomic E-state index is 10.5. The Morgan fingerprint density at radius 3 is 2.60 bits per heavy atom. The average Bonchev–Trinajstić information content (AvgIpc) is 2.28. The Morgan fingerprint density at radius 1 is 1.53 bits per heavy atom. The van der Waals surface area contributed by atoms with Crippen LogP contribution in [-0.2, 0) is 9.53 Å². The van der Waals surface area contributed by atoms with Crippen molar-refractivity contribution in [2.75, 3.05) is 26.2 Å². The van der Waals surface area contributed by atoms with E-state index in [4.69, 9.17) is 4.74 Å². The zero-order valence-electron chi connectivity index (χ0n) is 10.1. The van der Waals surface area contributed by atoms with Crippen molar-refractivity contribution >= 4 is 5.91 Å². The van der Waals surface area contributed by atoms with Gasteiger partial charge < -0.3 is 15.4 Å². The lowest BCUT2D eigenvalue weighted by Crippen LogP contribution is -2.44. The predicted molar refractivity (Wildman–Crippen MR) is 64.0 cm³/mol. The summed E-state index contributed by atoms with van der Waals surface area (Å²) in [5.41, 5.74) is 0. The molecule has 1 saturated heterocycles. The van der Waals surface area contributed by atoms with E-state index < -0.39 is 0 Å². The van der Waals surface area contributed by atoms with E-state index in [1.165, 1.54) is 19.8 Å². The maximum atomic E-state index is 10.5. The molecule has 0 radical (unpaired) electrons. The minimum Gasteiger partial charge on any atom is -0.374 e. The van der Waals surface area contributed by atoms with Gasteiger partial charge in [0.2, 0.25) is 5.91 Å². The summed E-state index contributed by atoms with van der Waals surface area (Å²) in [6.45, 7) is 8.97. The molecule has 4 nitrogen and oxygen atoms in total. The average molecular weight is 218 g/mol. The lowest BCUT2D eigenvalue weighted by Gasteiger charge is -2.23. The van der Waals surface area contributed by atoms with Gasteiger partial charge in [0.1, 0.15) is 0 Å². The van der Waals surface area contributed by atoms with Crippen LogP contribution in [0.2, 0.25) is 0 Å². The summed E-state index contributed by atoms with van der Waals surface area (Å²) in [5.74, 6) is -0.000765. The Morgan fingerprint density at radius 2 is 2.20 bits per heavy atom.